The number of carbonyl (C=O) groups excluding carboxylic acids is 1. The number of nitrogens with one attached hydrogen (secondary N) is 1. The van der Waals surface area contributed by atoms with Crippen molar-refractivity contribution in [1.82, 2.24) is 25.1 Å². The fourth-order valence-electron chi connectivity index (χ4n) is 3.16. The molecule has 1 N–H and O–H groups in total. The third kappa shape index (κ3) is 4.18. The van der Waals surface area contributed by atoms with Gasteiger partial charge in [-0.1, -0.05) is 0 Å². The molecule has 1 aromatic carbocycles. The van der Waals surface area contributed by atoms with Crippen molar-refractivity contribution in [2.75, 3.05) is 32.1 Å². The van der Waals surface area contributed by atoms with E-state index in [1.807, 2.05) is 19.0 Å². The summed E-state index contributed by atoms with van der Waals surface area (Å²) in [6.45, 7) is 1.03. The van der Waals surface area contributed by atoms with E-state index < -0.39 is 0 Å². The summed E-state index contributed by atoms with van der Waals surface area (Å²) in [6, 6.07) is 7.66. The van der Waals surface area contributed by atoms with Gasteiger partial charge in [0.05, 0.1) is 24.6 Å². The Morgan fingerprint density at radius 2 is 2.07 bits per heavy atom. The number of rotatable bonds is 5. The van der Waals surface area contributed by atoms with Crippen molar-refractivity contribution < 1.29 is 13.9 Å². The Hall–Kier alpha value is -3.49. The molecule has 4 rings (SSSR count). The topological polar surface area (TPSA) is 87.2 Å². The number of H-pyrrole nitrogens is 1. The average Bonchev–Trinajstić information content (AvgIpc) is 3.38. The Morgan fingerprint density at radius 1 is 1.28 bits per heavy atom. The van der Waals surface area contributed by atoms with Gasteiger partial charge in [0.2, 0.25) is 5.88 Å². The number of carbonyl (C=O) groups is 1. The lowest BCUT2D eigenvalue weighted by atomic mass is 10.1. The van der Waals surface area contributed by atoms with Gasteiger partial charge in [0.25, 0.3) is 5.91 Å². The highest BCUT2D eigenvalue weighted by molar-refractivity contribution is 5.93. The predicted octanol–water partition coefficient (Wildman–Crippen LogP) is 2.37. The molecule has 3 aromatic rings. The molecule has 1 unspecified atom stereocenters. The Bertz CT molecular complexity index is 1000. The molecule has 0 saturated carbocycles. The van der Waals surface area contributed by atoms with Gasteiger partial charge < -0.3 is 14.5 Å². The van der Waals surface area contributed by atoms with Gasteiger partial charge in [0.1, 0.15) is 17.6 Å². The maximum absolute atomic E-state index is 13.1. The standard InChI is InChI=1S/C20H21FN6O2/c1-26(2)18-10-22-11-19(23-18)29-15-7-8-27(12-15)20(28)17-9-16(24-25-17)13-3-5-14(21)6-4-13/h3-6,9-11,15H,7-8,12H2,1-2H3,(H,24,25). The van der Waals surface area contributed by atoms with E-state index in [0.29, 0.717) is 42.6 Å². The van der Waals surface area contributed by atoms with E-state index in [9.17, 15) is 9.18 Å². The lowest BCUT2D eigenvalue weighted by molar-refractivity contribution is 0.0765. The molecule has 1 atom stereocenters. The number of likely N-dealkylation sites (tertiary alicyclic amines) is 1. The highest BCUT2D eigenvalue weighted by atomic mass is 19.1. The lowest BCUT2D eigenvalue weighted by Crippen LogP contribution is -2.31. The number of halogens is 1. The number of ether oxygens (including phenoxy) is 1. The lowest BCUT2D eigenvalue weighted by Gasteiger charge is -2.17. The minimum absolute atomic E-state index is 0.148. The number of anilines is 1. The molecule has 2 aromatic heterocycles. The summed E-state index contributed by atoms with van der Waals surface area (Å²) in [7, 11) is 3.77. The third-order valence-electron chi connectivity index (χ3n) is 4.73. The summed E-state index contributed by atoms with van der Waals surface area (Å²) in [4.78, 5) is 24.9. The van der Waals surface area contributed by atoms with Crippen LogP contribution >= 0.6 is 0 Å². The van der Waals surface area contributed by atoms with Crippen LogP contribution in [0.4, 0.5) is 10.2 Å². The van der Waals surface area contributed by atoms with E-state index in [0.717, 1.165) is 5.56 Å². The molecule has 1 aliphatic heterocycles. The largest absolute Gasteiger partial charge is 0.471 e. The number of hydrogen-bond acceptors (Lipinski definition) is 6. The van der Waals surface area contributed by atoms with Crippen LogP contribution in [-0.2, 0) is 0 Å². The van der Waals surface area contributed by atoms with Crippen molar-refractivity contribution in [1.29, 1.82) is 0 Å². The van der Waals surface area contributed by atoms with Gasteiger partial charge in [0.15, 0.2) is 5.82 Å². The smallest absolute Gasteiger partial charge is 0.272 e. The molecular formula is C20H21FN6O2. The highest BCUT2D eigenvalue weighted by Crippen LogP contribution is 2.22. The molecule has 150 valence electrons. The molecule has 29 heavy (non-hydrogen) atoms. The highest BCUT2D eigenvalue weighted by Gasteiger charge is 2.29. The normalized spacial score (nSPS) is 16.1. The molecule has 8 nitrogen and oxygen atoms in total. The second kappa shape index (κ2) is 7.86. The first-order valence-electron chi connectivity index (χ1n) is 9.26. The van der Waals surface area contributed by atoms with Crippen LogP contribution in [0.5, 0.6) is 5.88 Å². The van der Waals surface area contributed by atoms with Crippen molar-refractivity contribution >= 4 is 11.7 Å². The summed E-state index contributed by atoms with van der Waals surface area (Å²) < 4.78 is 19.0. The summed E-state index contributed by atoms with van der Waals surface area (Å²) in [5.41, 5.74) is 1.72. The number of amides is 1. The summed E-state index contributed by atoms with van der Waals surface area (Å²) in [5.74, 6) is 0.685. The number of aromatic amines is 1. The maximum atomic E-state index is 13.1. The zero-order valence-corrected chi connectivity index (χ0v) is 16.2. The van der Waals surface area contributed by atoms with Gasteiger partial charge in [-0.25, -0.2) is 4.39 Å². The van der Waals surface area contributed by atoms with Crippen molar-refractivity contribution in [2.45, 2.75) is 12.5 Å². The second-order valence-corrected chi connectivity index (χ2v) is 7.06. The minimum atomic E-state index is -0.315. The van der Waals surface area contributed by atoms with Gasteiger partial charge in [0, 0.05) is 32.6 Å². The Kier molecular flexibility index (Phi) is 5.11. The molecular weight excluding hydrogens is 375 g/mol. The zero-order chi connectivity index (χ0) is 20.4. The molecule has 9 heteroatoms. The molecule has 1 aliphatic rings. The van der Waals surface area contributed by atoms with Crippen LogP contribution < -0.4 is 9.64 Å². The van der Waals surface area contributed by atoms with E-state index >= 15 is 0 Å². The molecule has 0 radical (unpaired) electrons. The Labute approximate surface area is 167 Å². The fraction of sp³-hybridized carbons (Fsp3) is 0.300. The van der Waals surface area contributed by atoms with E-state index in [2.05, 4.69) is 20.2 Å². The third-order valence-corrected chi connectivity index (χ3v) is 4.73. The maximum Gasteiger partial charge on any atom is 0.272 e. The van der Waals surface area contributed by atoms with Crippen molar-refractivity contribution in [2.24, 2.45) is 0 Å². The van der Waals surface area contributed by atoms with Gasteiger partial charge in [-0.15, -0.1) is 0 Å². The van der Waals surface area contributed by atoms with Gasteiger partial charge in [-0.3, -0.25) is 14.9 Å². The van der Waals surface area contributed by atoms with E-state index in [4.69, 9.17) is 4.74 Å². The molecule has 1 fully saturated rings. The average molecular weight is 396 g/mol. The SMILES string of the molecule is CN(C)c1cncc(OC2CCN(C(=O)c3cc(-c4ccc(F)cc4)n[nH]3)C2)n1. The summed E-state index contributed by atoms with van der Waals surface area (Å²) in [6.07, 6.45) is 3.79. The summed E-state index contributed by atoms with van der Waals surface area (Å²) >= 11 is 0. The fourth-order valence-corrected chi connectivity index (χ4v) is 3.16. The van der Waals surface area contributed by atoms with Crippen LogP contribution in [0.2, 0.25) is 0 Å². The molecule has 1 amide bonds. The second-order valence-electron chi connectivity index (χ2n) is 7.06. The van der Waals surface area contributed by atoms with Gasteiger partial charge >= 0.3 is 0 Å². The van der Waals surface area contributed by atoms with Gasteiger partial charge in [-0.2, -0.15) is 10.1 Å². The first-order chi connectivity index (χ1) is 14.0. The van der Waals surface area contributed by atoms with Crippen LogP contribution in [0.25, 0.3) is 11.3 Å². The number of aromatic nitrogens is 4. The Morgan fingerprint density at radius 3 is 2.83 bits per heavy atom. The van der Waals surface area contributed by atoms with Gasteiger partial charge in [-0.05, 0) is 30.3 Å². The first-order valence-corrected chi connectivity index (χ1v) is 9.26. The van der Waals surface area contributed by atoms with Crippen LogP contribution in [0.3, 0.4) is 0 Å². The van der Waals surface area contributed by atoms with Crippen molar-refractivity contribution in [3.8, 4) is 17.1 Å². The molecule has 0 bridgehead atoms. The molecule has 0 aliphatic carbocycles. The van der Waals surface area contributed by atoms with Crippen LogP contribution in [0, 0.1) is 5.82 Å². The summed E-state index contributed by atoms with van der Waals surface area (Å²) in [5, 5.41) is 6.95. The van der Waals surface area contributed by atoms with Crippen LogP contribution in [-0.4, -0.2) is 64.3 Å². The number of nitrogens with zero attached hydrogens (tertiary/aromatic N) is 5. The van der Waals surface area contributed by atoms with E-state index in [1.54, 1.807) is 35.5 Å². The first kappa shape index (κ1) is 18.9. The predicted molar refractivity (Wildman–Crippen MR) is 105 cm³/mol. The Balaban J connectivity index is 1.40. The van der Waals surface area contributed by atoms with E-state index in [1.165, 1.54) is 12.1 Å². The quantitative estimate of drug-likeness (QED) is 0.713. The number of benzene rings is 1. The van der Waals surface area contributed by atoms with Crippen LogP contribution in [0.1, 0.15) is 16.9 Å². The number of hydrogen-bond donors (Lipinski definition) is 1. The van der Waals surface area contributed by atoms with Crippen LogP contribution in [0.15, 0.2) is 42.7 Å². The van der Waals surface area contributed by atoms with Crippen molar-refractivity contribution in [3.63, 3.8) is 0 Å². The monoisotopic (exact) mass is 396 g/mol. The molecule has 0 spiro atoms. The van der Waals surface area contributed by atoms with E-state index in [-0.39, 0.29) is 17.8 Å². The minimum Gasteiger partial charge on any atom is -0.471 e. The molecule has 3 heterocycles. The molecule has 1 saturated heterocycles. The van der Waals surface area contributed by atoms with Crippen molar-refractivity contribution in [3.05, 3.63) is 54.2 Å². The zero-order valence-electron chi connectivity index (χ0n) is 16.2.